The van der Waals surface area contributed by atoms with Gasteiger partial charge >= 0.3 is 0 Å². The van der Waals surface area contributed by atoms with Gasteiger partial charge in [0.15, 0.2) is 0 Å². The molecule has 10 heavy (non-hydrogen) atoms. The van der Waals surface area contributed by atoms with E-state index in [1.807, 2.05) is 13.8 Å². The third-order valence-corrected chi connectivity index (χ3v) is 1.36. The van der Waals surface area contributed by atoms with Crippen molar-refractivity contribution >= 4 is 5.91 Å². The summed E-state index contributed by atoms with van der Waals surface area (Å²) in [4.78, 5) is 10.8. The Morgan fingerprint density at radius 1 is 1.60 bits per heavy atom. The fourth-order valence-corrected chi connectivity index (χ4v) is 0.588. The zero-order valence-corrected chi connectivity index (χ0v) is 6.90. The van der Waals surface area contributed by atoms with E-state index in [0.29, 0.717) is 12.6 Å². The summed E-state index contributed by atoms with van der Waals surface area (Å²) in [5, 5.41) is 5.61. The third kappa shape index (κ3) is 4.32. The molecule has 0 rings (SSSR count). The van der Waals surface area contributed by atoms with Gasteiger partial charge in [-0.25, -0.2) is 0 Å². The van der Waals surface area contributed by atoms with Crippen LogP contribution in [0.25, 0.3) is 0 Å². The first-order valence-electron chi connectivity index (χ1n) is 3.64. The van der Waals surface area contributed by atoms with Gasteiger partial charge in [-0.1, -0.05) is 6.92 Å². The molecule has 0 bridgehead atoms. The first kappa shape index (κ1) is 9.43. The van der Waals surface area contributed by atoms with Crippen molar-refractivity contribution in [2.75, 3.05) is 13.6 Å². The van der Waals surface area contributed by atoms with Crippen LogP contribution in [0.15, 0.2) is 0 Å². The van der Waals surface area contributed by atoms with Crippen molar-refractivity contribution in [1.29, 1.82) is 0 Å². The molecule has 0 saturated carbocycles. The molecular formula is C7H16N2O. The maximum atomic E-state index is 10.8. The summed E-state index contributed by atoms with van der Waals surface area (Å²) >= 11 is 0. The predicted octanol–water partition coefficient (Wildman–Crippen LogP) is 0.120. The second-order valence-electron chi connectivity index (χ2n) is 2.41. The summed E-state index contributed by atoms with van der Waals surface area (Å²) in [5.74, 6) is 0.0665. The van der Waals surface area contributed by atoms with E-state index in [2.05, 4.69) is 10.6 Å². The highest BCUT2D eigenvalue weighted by atomic mass is 16.1. The van der Waals surface area contributed by atoms with Gasteiger partial charge in [0.1, 0.15) is 0 Å². The van der Waals surface area contributed by atoms with Crippen molar-refractivity contribution in [2.24, 2.45) is 0 Å². The lowest BCUT2D eigenvalue weighted by Crippen LogP contribution is -2.37. The summed E-state index contributed by atoms with van der Waals surface area (Å²) in [6, 6.07) is 0.292. The lowest BCUT2D eigenvalue weighted by Gasteiger charge is -2.10. The molecule has 0 saturated heterocycles. The molecule has 3 heteroatoms. The zero-order valence-electron chi connectivity index (χ0n) is 6.90. The molecule has 0 aromatic carbocycles. The Bertz CT molecular complexity index is 104. The smallest absolute Gasteiger partial charge is 0.234 e. The van der Waals surface area contributed by atoms with Gasteiger partial charge < -0.3 is 10.6 Å². The maximum absolute atomic E-state index is 10.8. The monoisotopic (exact) mass is 144 g/mol. The van der Waals surface area contributed by atoms with Gasteiger partial charge in [0.25, 0.3) is 0 Å². The Morgan fingerprint density at radius 2 is 2.20 bits per heavy atom. The fourth-order valence-electron chi connectivity index (χ4n) is 0.588. The Labute approximate surface area is 62.2 Å². The number of amides is 1. The number of hydrogen-bond acceptors (Lipinski definition) is 2. The molecule has 0 aliphatic carbocycles. The van der Waals surface area contributed by atoms with Gasteiger partial charge in [-0.15, -0.1) is 0 Å². The first-order chi connectivity index (χ1) is 4.70. The molecule has 0 fully saturated rings. The van der Waals surface area contributed by atoms with Crippen LogP contribution in [0.3, 0.4) is 0 Å². The quantitative estimate of drug-likeness (QED) is 0.588. The van der Waals surface area contributed by atoms with E-state index in [9.17, 15) is 4.79 Å². The van der Waals surface area contributed by atoms with Crippen LogP contribution in [0.2, 0.25) is 0 Å². The van der Waals surface area contributed by atoms with E-state index in [4.69, 9.17) is 0 Å². The van der Waals surface area contributed by atoms with Gasteiger partial charge in [0, 0.05) is 6.04 Å². The van der Waals surface area contributed by atoms with Crippen LogP contribution in [-0.4, -0.2) is 25.5 Å². The average Bonchev–Trinajstić information content (AvgIpc) is 1.88. The van der Waals surface area contributed by atoms with Crippen LogP contribution in [0.4, 0.5) is 0 Å². The molecule has 0 spiro atoms. The van der Waals surface area contributed by atoms with Crippen molar-refractivity contribution in [3.05, 3.63) is 0 Å². The molecule has 0 radical (unpaired) electrons. The number of carbonyl (C=O) groups is 1. The van der Waals surface area contributed by atoms with Crippen molar-refractivity contribution in [1.82, 2.24) is 10.6 Å². The van der Waals surface area contributed by atoms with Crippen LogP contribution in [0, 0.1) is 0 Å². The minimum atomic E-state index is 0.0665. The minimum Gasteiger partial charge on any atom is -0.353 e. The fraction of sp³-hybridized carbons (Fsp3) is 0.857. The topological polar surface area (TPSA) is 41.1 Å². The molecule has 2 N–H and O–H groups in total. The van der Waals surface area contributed by atoms with Gasteiger partial charge in [-0.05, 0) is 20.4 Å². The van der Waals surface area contributed by atoms with Crippen molar-refractivity contribution in [2.45, 2.75) is 26.3 Å². The van der Waals surface area contributed by atoms with Crippen LogP contribution in [0.1, 0.15) is 20.3 Å². The second-order valence-corrected chi connectivity index (χ2v) is 2.41. The summed E-state index contributed by atoms with van der Waals surface area (Å²) in [7, 11) is 1.76. The van der Waals surface area contributed by atoms with E-state index in [-0.39, 0.29) is 5.91 Å². The summed E-state index contributed by atoms with van der Waals surface area (Å²) < 4.78 is 0. The normalized spacial score (nSPS) is 12.7. The largest absolute Gasteiger partial charge is 0.353 e. The summed E-state index contributed by atoms with van der Waals surface area (Å²) in [5.41, 5.74) is 0. The average molecular weight is 144 g/mol. The highest BCUT2D eigenvalue weighted by Crippen LogP contribution is 1.85. The Kier molecular flexibility index (Phi) is 4.94. The lowest BCUT2D eigenvalue weighted by molar-refractivity contribution is -0.120. The van der Waals surface area contributed by atoms with Crippen LogP contribution < -0.4 is 10.6 Å². The molecule has 0 heterocycles. The highest BCUT2D eigenvalue weighted by molar-refractivity contribution is 5.78. The predicted molar refractivity (Wildman–Crippen MR) is 41.8 cm³/mol. The Hall–Kier alpha value is -0.570. The van der Waals surface area contributed by atoms with E-state index < -0.39 is 0 Å². The number of carbonyl (C=O) groups excluding carboxylic acids is 1. The number of hydrogen-bond donors (Lipinski definition) is 2. The summed E-state index contributed by atoms with van der Waals surface area (Å²) in [6.07, 6.45) is 0.982. The second kappa shape index (κ2) is 5.23. The van der Waals surface area contributed by atoms with Crippen LogP contribution in [-0.2, 0) is 4.79 Å². The molecule has 1 atom stereocenters. The van der Waals surface area contributed by atoms with Gasteiger partial charge in [0.05, 0.1) is 6.54 Å². The molecule has 1 amide bonds. The van der Waals surface area contributed by atoms with E-state index in [1.54, 1.807) is 7.05 Å². The summed E-state index contributed by atoms with van der Waals surface area (Å²) in [6.45, 7) is 4.45. The van der Waals surface area contributed by atoms with E-state index >= 15 is 0 Å². The molecule has 0 aromatic rings. The molecule has 1 unspecified atom stereocenters. The number of likely N-dealkylation sites (N-methyl/N-ethyl adjacent to an activating group) is 1. The van der Waals surface area contributed by atoms with Gasteiger partial charge in [0.2, 0.25) is 5.91 Å². The highest BCUT2D eigenvalue weighted by Gasteiger charge is 2.01. The van der Waals surface area contributed by atoms with E-state index in [1.165, 1.54) is 0 Å². The zero-order chi connectivity index (χ0) is 7.98. The van der Waals surface area contributed by atoms with E-state index in [0.717, 1.165) is 6.42 Å². The van der Waals surface area contributed by atoms with Gasteiger partial charge in [-0.2, -0.15) is 0 Å². The molecule has 0 aliphatic heterocycles. The molecule has 0 aliphatic rings. The third-order valence-electron chi connectivity index (χ3n) is 1.36. The standard InChI is InChI=1S/C7H16N2O/c1-4-6(2)9-7(10)5-8-3/h6,8H,4-5H2,1-3H3,(H,9,10). The van der Waals surface area contributed by atoms with Crippen LogP contribution in [0.5, 0.6) is 0 Å². The first-order valence-corrected chi connectivity index (χ1v) is 3.64. The van der Waals surface area contributed by atoms with Crippen molar-refractivity contribution < 1.29 is 4.79 Å². The number of rotatable bonds is 4. The molecule has 60 valence electrons. The SMILES string of the molecule is CCC(C)NC(=O)CNC. The Morgan fingerprint density at radius 3 is 2.60 bits per heavy atom. The lowest BCUT2D eigenvalue weighted by atomic mass is 10.2. The molecular weight excluding hydrogens is 128 g/mol. The van der Waals surface area contributed by atoms with Crippen molar-refractivity contribution in [3.8, 4) is 0 Å². The minimum absolute atomic E-state index is 0.0665. The van der Waals surface area contributed by atoms with Gasteiger partial charge in [-0.3, -0.25) is 4.79 Å². The molecule has 0 aromatic heterocycles. The Balaban J connectivity index is 3.37. The molecule has 3 nitrogen and oxygen atoms in total. The van der Waals surface area contributed by atoms with Crippen molar-refractivity contribution in [3.63, 3.8) is 0 Å². The maximum Gasteiger partial charge on any atom is 0.234 e. The number of nitrogens with one attached hydrogen (secondary N) is 2. The van der Waals surface area contributed by atoms with Crippen LogP contribution >= 0.6 is 0 Å².